The van der Waals surface area contributed by atoms with Crippen LogP contribution in [0.1, 0.15) is 74.4 Å². The highest BCUT2D eigenvalue weighted by Gasteiger charge is 2.28. The van der Waals surface area contributed by atoms with Crippen LogP contribution in [0, 0.1) is 0 Å². The van der Waals surface area contributed by atoms with Gasteiger partial charge in [-0.15, -0.1) is 0 Å². The molecule has 0 spiro atoms. The molecule has 0 aromatic heterocycles. The number of ketones is 1. The maximum Gasteiger partial charge on any atom is 0.167 e. The molecule has 0 saturated heterocycles. The summed E-state index contributed by atoms with van der Waals surface area (Å²) in [6.45, 7) is 5.10. The summed E-state index contributed by atoms with van der Waals surface area (Å²) in [7, 11) is -3.24. The molecule has 3 rings (SSSR count). The van der Waals surface area contributed by atoms with Crippen LogP contribution in [0.25, 0.3) is 0 Å². The average molecular weight is 429 g/mol. The highest BCUT2D eigenvalue weighted by molar-refractivity contribution is 7.91. The summed E-state index contributed by atoms with van der Waals surface area (Å²) in [5, 5.41) is 0. The Hall–Kier alpha value is -2.14. The van der Waals surface area contributed by atoms with Gasteiger partial charge in [0.2, 0.25) is 0 Å². The molecular formula is C25H32O4S. The summed E-state index contributed by atoms with van der Waals surface area (Å²) in [5.74, 6) is 0.858. The van der Waals surface area contributed by atoms with Crippen molar-refractivity contribution in [2.24, 2.45) is 0 Å². The molecule has 0 radical (unpaired) electrons. The van der Waals surface area contributed by atoms with E-state index in [1.54, 1.807) is 45.0 Å². The van der Waals surface area contributed by atoms with Gasteiger partial charge in [-0.2, -0.15) is 0 Å². The van der Waals surface area contributed by atoms with Crippen LogP contribution in [0.4, 0.5) is 0 Å². The summed E-state index contributed by atoms with van der Waals surface area (Å²) in [5.41, 5.74) is 2.23. The van der Waals surface area contributed by atoms with Crippen molar-refractivity contribution in [1.29, 1.82) is 0 Å². The first-order chi connectivity index (χ1) is 14.1. The van der Waals surface area contributed by atoms with E-state index in [1.165, 1.54) is 19.3 Å². The minimum Gasteiger partial charge on any atom is -0.490 e. The standard InChI is InChI=1S/C25H32O4S/c1-25(2,3)30(27,28)18-20-9-13-21(14-10-20)24(26)17-19-11-15-23(16-12-19)29-22-7-5-4-6-8-22/h9-16,22H,4-8,17-18H2,1-3H3. The van der Waals surface area contributed by atoms with Crippen LogP contribution in [0.3, 0.4) is 0 Å². The predicted molar refractivity (Wildman–Crippen MR) is 121 cm³/mol. The number of Topliss-reactive ketones (excluding diaryl/α,β-unsaturated/α-hetero) is 1. The normalized spacial score (nSPS) is 15.7. The zero-order valence-electron chi connectivity index (χ0n) is 18.2. The van der Waals surface area contributed by atoms with E-state index in [-0.39, 0.29) is 11.5 Å². The Morgan fingerprint density at radius 1 is 0.900 bits per heavy atom. The van der Waals surface area contributed by atoms with Crippen LogP contribution < -0.4 is 4.74 Å². The highest BCUT2D eigenvalue weighted by atomic mass is 32.2. The molecule has 0 amide bonds. The van der Waals surface area contributed by atoms with Crippen molar-refractivity contribution in [2.45, 2.75) is 75.9 Å². The van der Waals surface area contributed by atoms with Crippen LogP contribution in [0.15, 0.2) is 48.5 Å². The SMILES string of the molecule is CC(C)(C)S(=O)(=O)Cc1ccc(C(=O)Cc2ccc(OC3CCCCC3)cc2)cc1. The number of hydrogen-bond acceptors (Lipinski definition) is 4. The van der Waals surface area contributed by atoms with Crippen LogP contribution in [-0.4, -0.2) is 25.1 Å². The molecule has 1 aliphatic carbocycles. The summed E-state index contributed by atoms with van der Waals surface area (Å²) in [6.07, 6.45) is 6.63. The van der Waals surface area contributed by atoms with Crippen LogP contribution in [0.5, 0.6) is 5.75 Å². The number of rotatable bonds is 7. The lowest BCUT2D eigenvalue weighted by molar-refractivity contribution is 0.0993. The van der Waals surface area contributed by atoms with Gasteiger partial charge in [-0.3, -0.25) is 4.79 Å². The highest BCUT2D eigenvalue weighted by Crippen LogP contribution is 2.24. The van der Waals surface area contributed by atoms with Gasteiger partial charge in [0.15, 0.2) is 15.6 Å². The van der Waals surface area contributed by atoms with Crippen molar-refractivity contribution in [2.75, 3.05) is 0 Å². The van der Waals surface area contributed by atoms with Gasteiger partial charge in [0.1, 0.15) is 5.75 Å². The van der Waals surface area contributed by atoms with Crippen LogP contribution in [0.2, 0.25) is 0 Å². The Morgan fingerprint density at radius 3 is 2.03 bits per heavy atom. The van der Waals surface area contributed by atoms with E-state index >= 15 is 0 Å². The summed E-state index contributed by atoms with van der Waals surface area (Å²) in [4.78, 5) is 12.6. The fourth-order valence-corrected chi connectivity index (χ4v) is 4.64. The maximum atomic E-state index is 12.6. The van der Waals surface area contributed by atoms with Gasteiger partial charge in [-0.25, -0.2) is 8.42 Å². The Kier molecular flexibility index (Phi) is 7.02. The number of sulfone groups is 1. The zero-order valence-corrected chi connectivity index (χ0v) is 19.0. The second-order valence-electron chi connectivity index (χ2n) is 9.19. The molecule has 2 aromatic rings. The van der Waals surface area contributed by atoms with Crippen molar-refractivity contribution >= 4 is 15.6 Å². The first kappa shape index (κ1) is 22.5. The lowest BCUT2D eigenvalue weighted by Gasteiger charge is -2.23. The summed E-state index contributed by atoms with van der Waals surface area (Å²) < 4.78 is 30.0. The van der Waals surface area contributed by atoms with E-state index in [0.29, 0.717) is 23.7 Å². The molecule has 5 heteroatoms. The molecule has 30 heavy (non-hydrogen) atoms. The third kappa shape index (κ3) is 5.94. The molecule has 2 aromatic carbocycles. The third-order valence-electron chi connectivity index (χ3n) is 5.71. The number of ether oxygens (including phenoxy) is 1. The van der Waals surface area contributed by atoms with E-state index < -0.39 is 14.6 Å². The first-order valence-corrected chi connectivity index (χ1v) is 12.4. The number of hydrogen-bond donors (Lipinski definition) is 0. The predicted octanol–water partition coefficient (Wildman–Crippen LogP) is 5.54. The Labute approximate surface area is 180 Å². The molecule has 1 saturated carbocycles. The fraction of sp³-hybridized carbons (Fsp3) is 0.480. The molecule has 0 N–H and O–H groups in total. The van der Waals surface area contributed by atoms with Gasteiger partial charge in [0, 0.05) is 12.0 Å². The second-order valence-corrected chi connectivity index (χ2v) is 11.9. The average Bonchev–Trinajstić information content (AvgIpc) is 2.70. The van der Waals surface area contributed by atoms with Gasteiger partial charge in [-0.05, 0) is 69.7 Å². The smallest absolute Gasteiger partial charge is 0.167 e. The van der Waals surface area contributed by atoms with E-state index in [9.17, 15) is 13.2 Å². The van der Waals surface area contributed by atoms with Gasteiger partial charge >= 0.3 is 0 Å². The number of carbonyl (C=O) groups is 1. The summed E-state index contributed by atoms with van der Waals surface area (Å²) >= 11 is 0. The fourth-order valence-electron chi connectivity index (χ4n) is 3.57. The number of carbonyl (C=O) groups excluding carboxylic acids is 1. The molecule has 4 nitrogen and oxygen atoms in total. The lowest BCUT2D eigenvalue weighted by atomic mass is 9.98. The maximum absolute atomic E-state index is 12.6. The van der Waals surface area contributed by atoms with Crippen molar-refractivity contribution in [3.05, 3.63) is 65.2 Å². The molecule has 0 bridgehead atoms. The van der Waals surface area contributed by atoms with E-state index in [1.807, 2.05) is 24.3 Å². The third-order valence-corrected chi connectivity index (χ3v) is 8.29. The number of benzene rings is 2. The van der Waals surface area contributed by atoms with Crippen molar-refractivity contribution in [3.8, 4) is 5.75 Å². The van der Waals surface area contributed by atoms with Crippen molar-refractivity contribution in [1.82, 2.24) is 0 Å². The lowest BCUT2D eigenvalue weighted by Crippen LogP contribution is -2.29. The largest absolute Gasteiger partial charge is 0.490 e. The first-order valence-electron chi connectivity index (χ1n) is 10.7. The minimum atomic E-state index is -3.24. The Morgan fingerprint density at radius 2 is 1.47 bits per heavy atom. The molecule has 0 atom stereocenters. The molecular weight excluding hydrogens is 396 g/mol. The quantitative estimate of drug-likeness (QED) is 0.544. The van der Waals surface area contributed by atoms with Crippen LogP contribution in [-0.2, 0) is 22.0 Å². The molecule has 1 fully saturated rings. The second kappa shape index (κ2) is 9.34. The van der Waals surface area contributed by atoms with Gasteiger partial charge in [0.25, 0.3) is 0 Å². The van der Waals surface area contributed by atoms with Gasteiger partial charge in [-0.1, -0.05) is 42.8 Å². The topological polar surface area (TPSA) is 60.4 Å². The van der Waals surface area contributed by atoms with Gasteiger partial charge in [0.05, 0.1) is 16.6 Å². The van der Waals surface area contributed by atoms with Crippen molar-refractivity contribution < 1.29 is 17.9 Å². The summed E-state index contributed by atoms with van der Waals surface area (Å²) in [6, 6.07) is 14.7. The van der Waals surface area contributed by atoms with Crippen molar-refractivity contribution in [3.63, 3.8) is 0 Å². The molecule has 1 aliphatic rings. The monoisotopic (exact) mass is 428 g/mol. The molecule has 0 unspecified atom stereocenters. The molecule has 0 heterocycles. The minimum absolute atomic E-state index is 0.0150. The molecule has 162 valence electrons. The van der Waals surface area contributed by atoms with Gasteiger partial charge < -0.3 is 4.74 Å². The molecule has 0 aliphatic heterocycles. The van der Waals surface area contributed by atoms with E-state index in [2.05, 4.69) is 0 Å². The van der Waals surface area contributed by atoms with Crippen LogP contribution >= 0.6 is 0 Å². The zero-order chi connectivity index (χ0) is 21.8. The Balaban J connectivity index is 1.58. The van der Waals surface area contributed by atoms with E-state index in [4.69, 9.17) is 4.74 Å². The Bertz CT molecular complexity index is 946. The van der Waals surface area contributed by atoms with E-state index in [0.717, 1.165) is 24.2 Å².